The van der Waals surface area contributed by atoms with Gasteiger partial charge in [0.05, 0.1) is 17.4 Å². The molecule has 9 heteroatoms. The Morgan fingerprint density at radius 2 is 1.62 bits per heavy atom. The van der Waals surface area contributed by atoms with Gasteiger partial charge in [0.1, 0.15) is 0 Å². The highest BCUT2D eigenvalue weighted by Gasteiger charge is 2.50. The second kappa shape index (κ2) is 6.62. The number of alkyl halides is 3. The molecule has 1 N–H and O–H groups in total. The summed E-state index contributed by atoms with van der Waals surface area (Å²) in [6.45, 7) is 0.884. The first-order chi connectivity index (χ1) is 12.2. The number of carboxylic acid groups (broad SMARTS) is 1. The number of halogens is 3. The molecule has 1 aromatic rings. The second-order valence-electron chi connectivity index (χ2n) is 6.48. The molecule has 0 spiro atoms. The lowest BCUT2D eigenvalue weighted by atomic mass is 10.1. The first-order valence-corrected chi connectivity index (χ1v) is 8.16. The number of amides is 2. The van der Waals surface area contributed by atoms with Crippen molar-refractivity contribution in [2.75, 3.05) is 26.2 Å². The molecule has 0 bridgehead atoms. The monoisotopic (exact) mass is 370 g/mol. The molecule has 3 rings (SSSR count). The third kappa shape index (κ3) is 3.66. The number of nitrogens with zero attached hydrogens (tertiary/aromatic N) is 2. The largest absolute Gasteiger partial charge is 0.481 e. The lowest BCUT2D eigenvalue weighted by Gasteiger charge is -2.35. The molecule has 2 amide bonds. The van der Waals surface area contributed by atoms with Gasteiger partial charge in [0.15, 0.2) is 0 Å². The van der Waals surface area contributed by atoms with Crippen molar-refractivity contribution >= 4 is 17.8 Å². The highest BCUT2D eigenvalue weighted by atomic mass is 19.4. The summed E-state index contributed by atoms with van der Waals surface area (Å²) in [5, 5.41) is 8.89. The lowest BCUT2D eigenvalue weighted by molar-refractivity contribution is -0.142. The Labute approximate surface area is 147 Å². The number of aliphatic carboxylic acids is 1. The van der Waals surface area contributed by atoms with Gasteiger partial charge in [-0.2, -0.15) is 13.2 Å². The molecule has 1 heterocycles. The Kier molecular flexibility index (Phi) is 4.64. The van der Waals surface area contributed by atoms with E-state index in [0.717, 1.165) is 12.1 Å². The normalized spacial score (nSPS) is 22.9. The fourth-order valence-electron chi connectivity index (χ4n) is 3.12. The van der Waals surface area contributed by atoms with Crippen LogP contribution in [0.3, 0.4) is 0 Å². The predicted molar refractivity (Wildman–Crippen MR) is 83.2 cm³/mol. The van der Waals surface area contributed by atoms with Gasteiger partial charge >= 0.3 is 12.1 Å². The summed E-state index contributed by atoms with van der Waals surface area (Å²) in [7, 11) is 0. The van der Waals surface area contributed by atoms with Crippen LogP contribution in [0.2, 0.25) is 0 Å². The first-order valence-electron chi connectivity index (χ1n) is 8.16. The van der Waals surface area contributed by atoms with Crippen LogP contribution in [0.15, 0.2) is 24.3 Å². The van der Waals surface area contributed by atoms with E-state index in [2.05, 4.69) is 0 Å². The fraction of sp³-hybridized carbons (Fsp3) is 0.471. The van der Waals surface area contributed by atoms with E-state index in [4.69, 9.17) is 5.11 Å². The molecular weight excluding hydrogens is 353 g/mol. The second-order valence-corrected chi connectivity index (χ2v) is 6.48. The Morgan fingerprint density at radius 1 is 1.00 bits per heavy atom. The molecule has 1 saturated carbocycles. The maximum atomic E-state index is 12.8. The minimum atomic E-state index is -4.52. The zero-order chi connectivity index (χ0) is 19.1. The number of hydrogen-bond acceptors (Lipinski definition) is 3. The molecule has 2 fully saturated rings. The molecule has 6 nitrogen and oxygen atoms in total. The number of carbonyl (C=O) groups excluding carboxylic acids is 2. The van der Waals surface area contributed by atoms with E-state index in [1.807, 2.05) is 0 Å². The molecule has 2 atom stereocenters. The summed E-state index contributed by atoms with van der Waals surface area (Å²) in [5.41, 5.74) is -0.932. The average molecular weight is 370 g/mol. The van der Waals surface area contributed by atoms with Crippen molar-refractivity contribution in [1.82, 2.24) is 9.80 Å². The molecule has 0 radical (unpaired) electrons. The standard InChI is InChI=1S/C17H17F3N2O4/c18-17(19,20)11-3-1-2-10(8-11)14(23)21-4-6-22(7-5-21)15(24)12-9-13(12)16(25)26/h1-3,8,12-13H,4-7,9H2,(H,25,26). The van der Waals surface area contributed by atoms with Gasteiger partial charge in [0.2, 0.25) is 5.91 Å². The third-order valence-electron chi connectivity index (χ3n) is 4.74. The van der Waals surface area contributed by atoms with Crippen molar-refractivity contribution in [2.45, 2.75) is 12.6 Å². The van der Waals surface area contributed by atoms with E-state index in [1.54, 1.807) is 0 Å². The van der Waals surface area contributed by atoms with Crippen molar-refractivity contribution in [3.05, 3.63) is 35.4 Å². The van der Waals surface area contributed by atoms with Crippen LogP contribution >= 0.6 is 0 Å². The van der Waals surface area contributed by atoms with Gasteiger partial charge in [-0.05, 0) is 24.6 Å². The summed E-state index contributed by atoms with van der Waals surface area (Å²) >= 11 is 0. The Hall–Kier alpha value is -2.58. The number of rotatable bonds is 3. The van der Waals surface area contributed by atoms with Crippen molar-refractivity contribution in [3.63, 3.8) is 0 Å². The molecule has 2 unspecified atom stereocenters. The van der Waals surface area contributed by atoms with E-state index in [-0.39, 0.29) is 37.6 Å². The first kappa shape index (κ1) is 18.2. The summed E-state index contributed by atoms with van der Waals surface area (Å²) in [4.78, 5) is 38.4. The molecule has 1 aliphatic heterocycles. The number of benzene rings is 1. The molecule has 1 aromatic carbocycles. The van der Waals surface area contributed by atoms with Gasteiger partial charge in [-0.1, -0.05) is 6.07 Å². The molecular formula is C17H17F3N2O4. The highest BCUT2D eigenvalue weighted by molar-refractivity contribution is 5.95. The van der Waals surface area contributed by atoms with Crippen molar-refractivity contribution in [1.29, 1.82) is 0 Å². The van der Waals surface area contributed by atoms with Gasteiger partial charge in [0, 0.05) is 31.7 Å². The topological polar surface area (TPSA) is 77.9 Å². The predicted octanol–water partition coefficient (Wildman–Crippen LogP) is 1.71. The number of carboxylic acids is 1. The number of hydrogen-bond donors (Lipinski definition) is 1. The molecule has 1 aliphatic carbocycles. The van der Waals surface area contributed by atoms with Gasteiger partial charge < -0.3 is 14.9 Å². The van der Waals surface area contributed by atoms with E-state index < -0.39 is 35.5 Å². The van der Waals surface area contributed by atoms with Gasteiger partial charge in [0.25, 0.3) is 5.91 Å². The fourth-order valence-corrected chi connectivity index (χ4v) is 3.12. The van der Waals surface area contributed by atoms with Crippen LogP contribution in [-0.2, 0) is 15.8 Å². The summed E-state index contributed by atoms with van der Waals surface area (Å²) < 4.78 is 38.3. The van der Waals surface area contributed by atoms with Crippen LogP contribution in [0.4, 0.5) is 13.2 Å². The van der Waals surface area contributed by atoms with E-state index in [9.17, 15) is 27.6 Å². The number of piperazine rings is 1. The van der Waals surface area contributed by atoms with Crippen molar-refractivity contribution in [2.24, 2.45) is 11.8 Å². The van der Waals surface area contributed by atoms with Crippen LogP contribution in [0.25, 0.3) is 0 Å². The van der Waals surface area contributed by atoms with Crippen LogP contribution < -0.4 is 0 Å². The Balaban J connectivity index is 1.59. The highest BCUT2D eigenvalue weighted by Crippen LogP contribution is 2.40. The van der Waals surface area contributed by atoms with Crippen LogP contribution in [0.5, 0.6) is 0 Å². The molecule has 0 aromatic heterocycles. The Bertz CT molecular complexity index is 742. The summed E-state index contributed by atoms with van der Waals surface area (Å²) in [6.07, 6.45) is -4.19. The maximum absolute atomic E-state index is 12.8. The number of carbonyl (C=O) groups is 3. The molecule has 2 aliphatic rings. The van der Waals surface area contributed by atoms with Gasteiger partial charge in [-0.3, -0.25) is 14.4 Å². The van der Waals surface area contributed by atoms with Crippen molar-refractivity contribution < 1.29 is 32.7 Å². The van der Waals surface area contributed by atoms with E-state index in [1.165, 1.54) is 21.9 Å². The minimum absolute atomic E-state index is 0.0484. The summed E-state index contributed by atoms with van der Waals surface area (Å²) in [6, 6.07) is 4.25. The Morgan fingerprint density at radius 3 is 2.15 bits per heavy atom. The lowest BCUT2D eigenvalue weighted by Crippen LogP contribution is -2.51. The van der Waals surface area contributed by atoms with Crippen LogP contribution in [0.1, 0.15) is 22.3 Å². The summed E-state index contributed by atoms with van der Waals surface area (Å²) in [5.74, 6) is -2.87. The van der Waals surface area contributed by atoms with Gasteiger partial charge in [-0.15, -0.1) is 0 Å². The van der Waals surface area contributed by atoms with Crippen molar-refractivity contribution in [3.8, 4) is 0 Å². The zero-order valence-electron chi connectivity index (χ0n) is 13.7. The maximum Gasteiger partial charge on any atom is 0.416 e. The van der Waals surface area contributed by atoms with Crippen LogP contribution in [0, 0.1) is 11.8 Å². The van der Waals surface area contributed by atoms with E-state index in [0.29, 0.717) is 6.42 Å². The minimum Gasteiger partial charge on any atom is -0.481 e. The quantitative estimate of drug-likeness (QED) is 0.879. The molecule has 140 valence electrons. The smallest absolute Gasteiger partial charge is 0.416 e. The SMILES string of the molecule is O=C(O)C1CC1C(=O)N1CCN(C(=O)c2cccc(C(F)(F)F)c2)CC1. The average Bonchev–Trinajstić information content (AvgIpc) is 3.41. The third-order valence-corrected chi connectivity index (χ3v) is 4.74. The van der Waals surface area contributed by atoms with E-state index >= 15 is 0 Å². The molecule has 26 heavy (non-hydrogen) atoms. The van der Waals surface area contributed by atoms with Gasteiger partial charge in [-0.25, -0.2) is 0 Å². The van der Waals surface area contributed by atoms with Crippen LogP contribution in [-0.4, -0.2) is 58.9 Å². The zero-order valence-corrected chi connectivity index (χ0v) is 13.7. The molecule has 1 saturated heterocycles.